The number of ether oxygens (including phenoxy) is 1. The third kappa shape index (κ3) is 4.95. The van der Waals surface area contributed by atoms with Crippen molar-refractivity contribution in [3.8, 4) is 0 Å². The van der Waals surface area contributed by atoms with E-state index >= 15 is 0 Å². The summed E-state index contributed by atoms with van der Waals surface area (Å²) in [6, 6.07) is 3.59. The van der Waals surface area contributed by atoms with Crippen LogP contribution in [0.25, 0.3) is 0 Å². The molecule has 0 radical (unpaired) electrons. The highest BCUT2D eigenvalue weighted by molar-refractivity contribution is 5.90. The Labute approximate surface area is 101 Å². The molecular weight excluding hydrogens is 230 g/mol. The van der Waals surface area contributed by atoms with Gasteiger partial charge >= 0.3 is 0 Å². The number of hydrogen-bond acceptors (Lipinski definition) is 4. The van der Waals surface area contributed by atoms with E-state index in [0.717, 1.165) is 5.82 Å². The van der Waals surface area contributed by atoms with Crippen LogP contribution in [-0.2, 0) is 9.53 Å². The summed E-state index contributed by atoms with van der Waals surface area (Å²) in [7, 11) is 3.36. The van der Waals surface area contributed by atoms with Crippen molar-refractivity contribution in [1.82, 2.24) is 4.98 Å². The minimum absolute atomic E-state index is 0. The molecule has 0 atom stereocenters. The molecular formula is C10H16ClN3O2. The van der Waals surface area contributed by atoms with Crippen molar-refractivity contribution in [2.45, 2.75) is 6.42 Å². The molecule has 0 aliphatic rings. The van der Waals surface area contributed by atoms with Crippen molar-refractivity contribution in [2.24, 2.45) is 0 Å². The molecule has 0 spiro atoms. The highest BCUT2D eigenvalue weighted by atomic mass is 35.5. The second-order valence-corrected chi connectivity index (χ2v) is 2.97. The molecule has 1 aromatic heterocycles. The van der Waals surface area contributed by atoms with Crippen LogP contribution < -0.4 is 10.6 Å². The number of nitrogens with one attached hydrogen (secondary N) is 2. The SMILES string of the molecule is CNc1ccc(NC(=O)CCOC)cn1.Cl. The molecule has 1 aromatic rings. The quantitative estimate of drug-likeness (QED) is 0.826. The van der Waals surface area contributed by atoms with Gasteiger partial charge < -0.3 is 15.4 Å². The molecule has 0 aliphatic heterocycles. The number of nitrogens with zero attached hydrogens (tertiary/aromatic N) is 1. The van der Waals surface area contributed by atoms with E-state index in [0.29, 0.717) is 18.7 Å². The summed E-state index contributed by atoms with van der Waals surface area (Å²) in [5.74, 6) is 0.695. The summed E-state index contributed by atoms with van der Waals surface area (Å²) < 4.78 is 4.80. The standard InChI is InChI=1S/C10H15N3O2.ClH/c1-11-9-4-3-8(7-12-9)13-10(14)5-6-15-2;/h3-4,7H,5-6H2,1-2H3,(H,11,12)(H,13,14);1H. The lowest BCUT2D eigenvalue weighted by molar-refractivity contribution is -0.117. The van der Waals surface area contributed by atoms with Gasteiger partial charge in [0.15, 0.2) is 0 Å². The molecule has 6 heteroatoms. The van der Waals surface area contributed by atoms with Crippen molar-refractivity contribution >= 4 is 29.8 Å². The average molecular weight is 246 g/mol. The molecule has 16 heavy (non-hydrogen) atoms. The van der Waals surface area contributed by atoms with Crippen molar-refractivity contribution in [1.29, 1.82) is 0 Å². The molecule has 5 nitrogen and oxygen atoms in total. The van der Waals surface area contributed by atoms with Gasteiger partial charge in [-0.2, -0.15) is 0 Å². The smallest absolute Gasteiger partial charge is 0.226 e. The molecule has 1 rings (SSSR count). The number of halogens is 1. The van der Waals surface area contributed by atoms with Crippen LogP contribution in [0, 0.1) is 0 Å². The van der Waals surface area contributed by atoms with Gasteiger partial charge in [0.25, 0.3) is 0 Å². The first-order chi connectivity index (χ1) is 7.26. The van der Waals surface area contributed by atoms with Crippen molar-refractivity contribution in [3.05, 3.63) is 18.3 Å². The van der Waals surface area contributed by atoms with Gasteiger partial charge in [-0.25, -0.2) is 4.98 Å². The van der Waals surface area contributed by atoms with Gasteiger partial charge in [0.1, 0.15) is 5.82 Å². The third-order valence-electron chi connectivity index (χ3n) is 1.84. The maximum Gasteiger partial charge on any atom is 0.226 e. The molecule has 0 saturated carbocycles. The topological polar surface area (TPSA) is 63.2 Å². The van der Waals surface area contributed by atoms with Crippen LogP contribution in [-0.4, -0.2) is 31.7 Å². The fourth-order valence-electron chi connectivity index (χ4n) is 1.03. The van der Waals surface area contributed by atoms with Crippen LogP contribution in [0.2, 0.25) is 0 Å². The first-order valence-corrected chi connectivity index (χ1v) is 4.69. The van der Waals surface area contributed by atoms with E-state index in [9.17, 15) is 4.79 Å². The molecule has 0 aromatic carbocycles. The number of aromatic nitrogens is 1. The monoisotopic (exact) mass is 245 g/mol. The zero-order valence-corrected chi connectivity index (χ0v) is 10.1. The van der Waals surface area contributed by atoms with Crippen LogP contribution in [0.4, 0.5) is 11.5 Å². The lowest BCUT2D eigenvalue weighted by Gasteiger charge is -2.05. The normalized spacial score (nSPS) is 9.12. The van der Waals surface area contributed by atoms with Gasteiger partial charge in [0, 0.05) is 14.2 Å². The number of pyridine rings is 1. The molecule has 90 valence electrons. The highest BCUT2D eigenvalue weighted by Gasteiger charge is 2.01. The number of carbonyl (C=O) groups is 1. The van der Waals surface area contributed by atoms with E-state index in [1.54, 1.807) is 32.5 Å². The van der Waals surface area contributed by atoms with Crippen molar-refractivity contribution in [3.63, 3.8) is 0 Å². The van der Waals surface area contributed by atoms with Crippen LogP contribution >= 0.6 is 12.4 Å². The van der Waals surface area contributed by atoms with E-state index < -0.39 is 0 Å². The number of carbonyl (C=O) groups excluding carboxylic acids is 1. The van der Waals surface area contributed by atoms with Gasteiger partial charge in [-0.3, -0.25) is 4.79 Å². The van der Waals surface area contributed by atoms with Crippen LogP contribution in [0.1, 0.15) is 6.42 Å². The minimum atomic E-state index is -0.0733. The van der Waals surface area contributed by atoms with Gasteiger partial charge in [0.05, 0.1) is 24.9 Å². The Bertz CT molecular complexity index is 316. The van der Waals surface area contributed by atoms with E-state index in [1.165, 1.54) is 0 Å². The molecule has 0 fully saturated rings. The fourth-order valence-corrected chi connectivity index (χ4v) is 1.03. The molecule has 0 aliphatic carbocycles. The zero-order chi connectivity index (χ0) is 11.1. The Balaban J connectivity index is 0.00000225. The highest BCUT2D eigenvalue weighted by Crippen LogP contribution is 2.08. The van der Waals surface area contributed by atoms with Crippen LogP contribution in [0.3, 0.4) is 0 Å². The van der Waals surface area contributed by atoms with Crippen LogP contribution in [0.5, 0.6) is 0 Å². The lowest BCUT2D eigenvalue weighted by Crippen LogP contribution is -2.13. The third-order valence-corrected chi connectivity index (χ3v) is 1.84. The Morgan fingerprint density at radius 3 is 2.75 bits per heavy atom. The number of anilines is 2. The number of hydrogen-bond donors (Lipinski definition) is 2. The minimum Gasteiger partial charge on any atom is -0.384 e. The molecule has 0 unspecified atom stereocenters. The summed E-state index contributed by atoms with van der Waals surface area (Å²) in [5, 5.41) is 5.62. The van der Waals surface area contributed by atoms with E-state index in [1.807, 2.05) is 0 Å². The maximum absolute atomic E-state index is 11.3. The van der Waals surface area contributed by atoms with Gasteiger partial charge in [0.2, 0.25) is 5.91 Å². The molecule has 0 bridgehead atoms. The average Bonchev–Trinajstić information content (AvgIpc) is 2.27. The first kappa shape index (κ1) is 14.7. The largest absolute Gasteiger partial charge is 0.384 e. The van der Waals surface area contributed by atoms with Gasteiger partial charge in [-0.1, -0.05) is 0 Å². The van der Waals surface area contributed by atoms with Crippen LogP contribution in [0.15, 0.2) is 18.3 Å². The molecule has 1 amide bonds. The molecule has 1 heterocycles. The van der Waals surface area contributed by atoms with Crippen molar-refractivity contribution < 1.29 is 9.53 Å². The van der Waals surface area contributed by atoms with Crippen molar-refractivity contribution in [2.75, 3.05) is 31.4 Å². The predicted molar refractivity (Wildman–Crippen MR) is 66.2 cm³/mol. The Kier molecular flexibility index (Phi) is 7.24. The zero-order valence-electron chi connectivity index (χ0n) is 9.32. The Morgan fingerprint density at radius 1 is 1.50 bits per heavy atom. The number of rotatable bonds is 5. The van der Waals surface area contributed by atoms with E-state index in [4.69, 9.17) is 4.74 Å². The summed E-state index contributed by atoms with van der Waals surface area (Å²) >= 11 is 0. The number of methoxy groups -OCH3 is 1. The summed E-state index contributed by atoms with van der Waals surface area (Å²) in [6.07, 6.45) is 1.96. The van der Waals surface area contributed by atoms with Gasteiger partial charge in [-0.05, 0) is 12.1 Å². The van der Waals surface area contributed by atoms with E-state index in [2.05, 4.69) is 15.6 Å². The summed E-state index contributed by atoms with van der Waals surface area (Å²) in [6.45, 7) is 0.424. The summed E-state index contributed by atoms with van der Waals surface area (Å²) in [4.78, 5) is 15.4. The van der Waals surface area contributed by atoms with E-state index in [-0.39, 0.29) is 18.3 Å². The number of amides is 1. The fraction of sp³-hybridized carbons (Fsp3) is 0.400. The Morgan fingerprint density at radius 2 is 2.25 bits per heavy atom. The lowest BCUT2D eigenvalue weighted by atomic mass is 10.3. The maximum atomic E-state index is 11.3. The summed E-state index contributed by atoms with van der Waals surface area (Å²) in [5.41, 5.74) is 0.690. The first-order valence-electron chi connectivity index (χ1n) is 4.69. The second-order valence-electron chi connectivity index (χ2n) is 2.97. The Hall–Kier alpha value is -1.33. The van der Waals surface area contributed by atoms with Gasteiger partial charge in [-0.15, -0.1) is 12.4 Å². The predicted octanol–water partition coefficient (Wildman–Crippen LogP) is 1.52. The second kappa shape index (κ2) is 7.90. The molecule has 0 saturated heterocycles. The molecule has 2 N–H and O–H groups in total.